The van der Waals surface area contributed by atoms with E-state index in [1.807, 2.05) is 6.92 Å². The van der Waals surface area contributed by atoms with Crippen molar-refractivity contribution in [3.8, 4) is 5.75 Å². The number of aliphatic carboxylic acids is 1. The highest BCUT2D eigenvalue weighted by atomic mass is 16.6. The number of carboxylic acid groups (broad SMARTS) is 1. The summed E-state index contributed by atoms with van der Waals surface area (Å²) in [5, 5.41) is 25.1. The molecule has 1 aromatic rings. The van der Waals surface area contributed by atoms with Crippen molar-refractivity contribution in [2.24, 2.45) is 0 Å². The molecule has 1 rings (SSSR count). The number of hydrogen-bond acceptors (Lipinski definition) is 6. The summed E-state index contributed by atoms with van der Waals surface area (Å²) < 4.78 is 5.19. The zero-order chi connectivity index (χ0) is 18.1. The molecule has 0 spiro atoms. The molecule has 0 heterocycles. The smallest absolute Gasteiger partial charge is 0.320 e. The van der Waals surface area contributed by atoms with Crippen molar-refractivity contribution in [2.75, 3.05) is 18.5 Å². The van der Waals surface area contributed by atoms with Gasteiger partial charge >= 0.3 is 5.97 Å². The van der Waals surface area contributed by atoms with Crippen molar-refractivity contribution in [3.63, 3.8) is 0 Å². The summed E-state index contributed by atoms with van der Waals surface area (Å²) in [5.41, 5.74) is -0.268. The van der Waals surface area contributed by atoms with Crippen LogP contribution in [0, 0.1) is 10.1 Å². The number of amides is 1. The van der Waals surface area contributed by atoms with Crippen LogP contribution in [0.25, 0.3) is 0 Å². The van der Waals surface area contributed by atoms with Gasteiger partial charge in [-0.25, -0.2) is 0 Å². The molecular weight excluding hydrogens is 318 g/mol. The maximum absolute atomic E-state index is 11.9. The molecule has 0 aliphatic heterocycles. The highest BCUT2D eigenvalue weighted by Gasteiger charge is 2.20. The first-order chi connectivity index (χ1) is 11.4. The molecule has 1 amide bonds. The van der Waals surface area contributed by atoms with E-state index in [2.05, 4.69) is 10.6 Å². The maximum atomic E-state index is 11.9. The van der Waals surface area contributed by atoms with E-state index in [1.165, 1.54) is 18.2 Å². The second kappa shape index (κ2) is 9.46. The minimum Gasteiger partial charge on any atom is -0.494 e. The summed E-state index contributed by atoms with van der Waals surface area (Å²) in [6.45, 7) is 3.69. The topological polar surface area (TPSA) is 131 Å². The minimum atomic E-state index is -1.04. The van der Waals surface area contributed by atoms with Crippen molar-refractivity contribution in [1.82, 2.24) is 5.32 Å². The molecule has 1 aromatic carbocycles. The van der Waals surface area contributed by atoms with Gasteiger partial charge in [-0.1, -0.05) is 13.3 Å². The lowest BCUT2D eigenvalue weighted by Gasteiger charge is -2.13. The van der Waals surface area contributed by atoms with Crippen LogP contribution in [0.1, 0.15) is 26.7 Å². The zero-order valence-corrected chi connectivity index (χ0v) is 13.6. The SMILES string of the molecule is CCCC(NCC(=O)Nc1ccc(OCC)cc1[N+](=O)[O-])C(=O)O. The van der Waals surface area contributed by atoms with Crippen LogP contribution in [-0.4, -0.2) is 41.1 Å². The normalized spacial score (nSPS) is 11.6. The molecule has 24 heavy (non-hydrogen) atoms. The summed E-state index contributed by atoms with van der Waals surface area (Å²) in [7, 11) is 0. The lowest BCUT2D eigenvalue weighted by molar-refractivity contribution is -0.384. The van der Waals surface area contributed by atoms with Crippen LogP contribution in [0.4, 0.5) is 11.4 Å². The van der Waals surface area contributed by atoms with Gasteiger partial charge in [-0.05, 0) is 25.5 Å². The molecule has 0 saturated heterocycles. The molecular formula is C15H21N3O6. The summed E-state index contributed by atoms with van der Waals surface area (Å²) in [6.07, 6.45) is 1.03. The van der Waals surface area contributed by atoms with Gasteiger partial charge in [0.25, 0.3) is 5.69 Å². The quantitative estimate of drug-likeness (QED) is 0.437. The van der Waals surface area contributed by atoms with E-state index >= 15 is 0 Å². The Morgan fingerprint density at radius 1 is 1.38 bits per heavy atom. The zero-order valence-electron chi connectivity index (χ0n) is 13.6. The summed E-state index contributed by atoms with van der Waals surface area (Å²) in [5.74, 6) is -1.28. The number of nitrogens with one attached hydrogen (secondary N) is 2. The van der Waals surface area contributed by atoms with Crippen LogP contribution in [0.2, 0.25) is 0 Å². The Labute approximate surface area is 139 Å². The van der Waals surface area contributed by atoms with Gasteiger partial charge in [0, 0.05) is 0 Å². The van der Waals surface area contributed by atoms with Gasteiger partial charge in [0.1, 0.15) is 17.5 Å². The van der Waals surface area contributed by atoms with E-state index in [0.717, 1.165) is 0 Å². The molecule has 1 unspecified atom stereocenters. The fraction of sp³-hybridized carbons (Fsp3) is 0.467. The first-order valence-corrected chi connectivity index (χ1v) is 7.56. The fourth-order valence-corrected chi connectivity index (χ4v) is 2.04. The number of carboxylic acids is 1. The Hall–Kier alpha value is -2.68. The second-order valence-corrected chi connectivity index (χ2v) is 4.98. The number of nitrogens with zero attached hydrogens (tertiary/aromatic N) is 1. The van der Waals surface area contributed by atoms with Gasteiger partial charge in [-0.15, -0.1) is 0 Å². The van der Waals surface area contributed by atoms with Gasteiger partial charge in [0.2, 0.25) is 5.91 Å². The van der Waals surface area contributed by atoms with E-state index in [4.69, 9.17) is 9.84 Å². The maximum Gasteiger partial charge on any atom is 0.320 e. The predicted octanol–water partition coefficient (Wildman–Crippen LogP) is 1.77. The van der Waals surface area contributed by atoms with Crippen LogP contribution < -0.4 is 15.4 Å². The largest absolute Gasteiger partial charge is 0.494 e. The Morgan fingerprint density at radius 3 is 2.62 bits per heavy atom. The molecule has 1 atom stereocenters. The lowest BCUT2D eigenvalue weighted by atomic mass is 10.1. The predicted molar refractivity (Wildman–Crippen MR) is 87.2 cm³/mol. The number of carbonyl (C=O) groups excluding carboxylic acids is 1. The van der Waals surface area contributed by atoms with Crippen LogP contribution in [0.15, 0.2) is 18.2 Å². The van der Waals surface area contributed by atoms with Gasteiger partial charge in [0.15, 0.2) is 0 Å². The molecule has 0 aliphatic rings. The number of carbonyl (C=O) groups is 2. The third-order valence-electron chi connectivity index (χ3n) is 3.14. The van der Waals surface area contributed by atoms with Gasteiger partial charge in [0.05, 0.1) is 24.1 Å². The molecule has 0 aliphatic carbocycles. The second-order valence-electron chi connectivity index (χ2n) is 4.98. The molecule has 0 bridgehead atoms. The van der Waals surface area contributed by atoms with Crippen molar-refractivity contribution in [2.45, 2.75) is 32.7 Å². The summed E-state index contributed by atoms with van der Waals surface area (Å²) in [6, 6.07) is 3.28. The Kier molecular flexibility index (Phi) is 7.63. The summed E-state index contributed by atoms with van der Waals surface area (Å²) >= 11 is 0. The third-order valence-corrected chi connectivity index (χ3v) is 3.14. The number of rotatable bonds is 10. The number of benzene rings is 1. The molecule has 0 fully saturated rings. The van der Waals surface area contributed by atoms with Gasteiger partial charge in [-0.2, -0.15) is 0 Å². The van der Waals surface area contributed by atoms with Gasteiger partial charge < -0.3 is 15.2 Å². The first-order valence-electron chi connectivity index (χ1n) is 7.56. The highest BCUT2D eigenvalue weighted by molar-refractivity contribution is 5.94. The number of anilines is 1. The fourth-order valence-electron chi connectivity index (χ4n) is 2.04. The molecule has 0 radical (unpaired) electrons. The Bertz CT molecular complexity index is 605. The number of ether oxygens (including phenoxy) is 1. The van der Waals surface area contributed by atoms with E-state index < -0.39 is 22.8 Å². The van der Waals surface area contributed by atoms with E-state index in [0.29, 0.717) is 25.2 Å². The highest BCUT2D eigenvalue weighted by Crippen LogP contribution is 2.29. The summed E-state index contributed by atoms with van der Waals surface area (Å²) in [4.78, 5) is 33.4. The first kappa shape index (κ1) is 19.4. The van der Waals surface area contributed by atoms with Gasteiger partial charge in [-0.3, -0.25) is 25.0 Å². The van der Waals surface area contributed by atoms with Crippen LogP contribution in [0.5, 0.6) is 5.75 Å². The van der Waals surface area contributed by atoms with Crippen molar-refractivity contribution >= 4 is 23.3 Å². The molecule has 132 valence electrons. The van der Waals surface area contributed by atoms with Crippen molar-refractivity contribution in [3.05, 3.63) is 28.3 Å². The van der Waals surface area contributed by atoms with E-state index in [1.54, 1.807) is 6.92 Å². The lowest BCUT2D eigenvalue weighted by Crippen LogP contribution is -2.41. The van der Waals surface area contributed by atoms with Crippen LogP contribution in [0.3, 0.4) is 0 Å². The average Bonchev–Trinajstić information content (AvgIpc) is 2.52. The van der Waals surface area contributed by atoms with E-state index in [9.17, 15) is 19.7 Å². The van der Waals surface area contributed by atoms with Crippen molar-refractivity contribution < 1.29 is 24.4 Å². The molecule has 3 N–H and O–H groups in total. The van der Waals surface area contributed by atoms with Crippen molar-refractivity contribution in [1.29, 1.82) is 0 Å². The van der Waals surface area contributed by atoms with E-state index in [-0.39, 0.29) is 17.9 Å². The molecule has 9 nitrogen and oxygen atoms in total. The number of nitro benzene ring substituents is 1. The Morgan fingerprint density at radius 2 is 2.08 bits per heavy atom. The number of hydrogen-bond donors (Lipinski definition) is 3. The Balaban J connectivity index is 2.75. The monoisotopic (exact) mass is 339 g/mol. The third kappa shape index (κ3) is 5.84. The average molecular weight is 339 g/mol. The standard InChI is InChI=1S/C15H21N3O6/c1-3-5-12(15(20)21)16-9-14(19)17-11-7-6-10(24-4-2)8-13(11)18(22)23/h6-8,12,16H,3-5,9H2,1-2H3,(H,17,19)(H,20,21). The molecule has 0 saturated carbocycles. The number of nitro groups is 1. The molecule has 0 aromatic heterocycles. The van der Waals surface area contributed by atoms with Crippen LogP contribution >= 0.6 is 0 Å². The molecule has 9 heteroatoms. The minimum absolute atomic E-state index is 0.0256. The van der Waals surface area contributed by atoms with Crippen LogP contribution in [-0.2, 0) is 9.59 Å².